The first-order chi connectivity index (χ1) is 8.15. The predicted molar refractivity (Wildman–Crippen MR) is 70.0 cm³/mol. The molecule has 0 amide bonds. The van der Waals surface area contributed by atoms with Gasteiger partial charge in [0, 0.05) is 16.9 Å². The molecule has 0 atom stereocenters. The van der Waals surface area contributed by atoms with E-state index >= 15 is 0 Å². The number of rotatable bonds is 4. The summed E-state index contributed by atoms with van der Waals surface area (Å²) >= 11 is 3.50. The summed E-state index contributed by atoms with van der Waals surface area (Å²) in [5.41, 5.74) is 1.14. The molecule has 5 heteroatoms. The summed E-state index contributed by atoms with van der Waals surface area (Å²) in [5, 5.41) is 7.01. The Morgan fingerprint density at radius 2 is 2.12 bits per heavy atom. The molecule has 2 aromatic rings. The molecule has 1 aromatic heterocycles. The van der Waals surface area contributed by atoms with Gasteiger partial charge in [-0.1, -0.05) is 39.3 Å². The van der Waals surface area contributed by atoms with Gasteiger partial charge in [0.05, 0.1) is 0 Å². The Labute approximate surface area is 109 Å². The average Bonchev–Trinajstić information content (AvgIpc) is 2.68. The molecule has 17 heavy (non-hydrogen) atoms. The third kappa shape index (κ3) is 3.30. The lowest BCUT2D eigenvalue weighted by atomic mass is 10.1. The monoisotopic (exact) mass is 295 g/mol. The van der Waals surface area contributed by atoms with Crippen LogP contribution in [0.2, 0.25) is 0 Å². The van der Waals surface area contributed by atoms with Crippen molar-refractivity contribution in [1.82, 2.24) is 10.1 Å². The maximum atomic E-state index is 5.10. The van der Waals surface area contributed by atoms with Crippen molar-refractivity contribution in [3.05, 3.63) is 40.1 Å². The SMILES string of the molecule is CC(C)Nc1nc(Cc2ccccc2Br)no1. The largest absolute Gasteiger partial charge is 0.336 e. The average molecular weight is 296 g/mol. The van der Waals surface area contributed by atoms with Crippen LogP contribution in [0.5, 0.6) is 0 Å². The van der Waals surface area contributed by atoms with Gasteiger partial charge in [0.15, 0.2) is 5.82 Å². The minimum atomic E-state index is 0.284. The zero-order valence-corrected chi connectivity index (χ0v) is 11.4. The molecular formula is C12H14BrN3O. The Morgan fingerprint density at radius 3 is 2.82 bits per heavy atom. The summed E-state index contributed by atoms with van der Waals surface area (Å²) < 4.78 is 6.16. The smallest absolute Gasteiger partial charge is 0.321 e. The Hall–Kier alpha value is -1.36. The Morgan fingerprint density at radius 1 is 1.35 bits per heavy atom. The van der Waals surface area contributed by atoms with E-state index in [4.69, 9.17) is 4.52 Å². The molecule has 1 heterocycles. The number of aromatic nitrogens is 2. The van der Waals surface area contributed by atoms with Gasteiger partial charge in [0.2, 0.25) is 0 Å². The van der Waals surface area contributed by atoms with Crippen molar-refractivity contribution < 1.29 is 4.52 Å². The summed E-state index contributed by atoms with van der Waals surface area (Å²) in [5.74, 6) is 0.681. The van der Waals surface area contributed by atoms with E-state index in [1.807, 2.05) is 38.1 Å². The number of nitrogens with zero attached hydrogens (tertiary/aromatic N) is 2. The second-order valence-corrected chi connectivity index (χ2v) is 4.94. The number of nitrogens with one attached hydrogen (secondary N) is 1. The lowest BCUT2D eigenvalue weighted by Crippen LogP contribution is -2.09. The van der Waals surface area contributed by atoms with Crippen molar-refractivity contribution in [1.29, 1.82) is 0 Å². The summed E-state index contributed by atoms with van der Waals surface area (Å²) in [4.78, 5) is 4.28. The maximum absolute atomic E-state index is 5.10. The van der Waals surface area contributed by atoms with Crippen molar-refractivity contribution in [2.24, 2.45) is 0 Å². The van der Waals surface area contributed by atoms with Gasteiger partial charge in [-0.25, -0.2) is 0 Å². The van der Waals surface area contributed by atoms with Crippen LogP contribution in [-0.4, -0.2) is 16.2 Å². The number of hydrogen-bond donors (Lipinski definition) is 1. The summed E-state index contributed by atoms with van der Waals surface area (Å²) in [6.07, 6.45) is 0.657. The number of halogens is 1. The van der Waals surface area contributed by atoms with Crippen molar-refractivity contribution >= 4 is 21.9 Å². The second kappa shape index (κ2) is 5.31. The fraction of sp³-hybridized carbons (Fsp3) is 0.333. The van der Waals surface area contributed by atoms with E-state index in [2.05, 4.69) is 31.4 Å². The second-order valence-electron chi connectivity index (χ2n) is 4.08. The number of benzene rings is 1. The van der Waals surface area contributed by atoms with Gasteiger partial charge >= 0.3 is 6.01 Å². The van der Waals surface area contributed by atoms with Crippen LogP contribution >= 0.6 is 15.9 Å². The molecule has 0 saturated heterocycles. The van der Waals surface area contributed by atoms with Crippen LogP contribution in [0.15, 0.2) is 33.3 Å². The van der Waals surface area contributed by atoms with Crippen LogP contribution in [0.4, 0.5) is 6.01 Å². The van der Waals surface area contributed by atoms with Gasteiger partial charge in [0.25, 0.3) is 0 Å². The van der Waals surface area contributed by atoms with Gasteiger partial charge in [-0.15, -0.1) is 0 Å². The quantitative estimate of drug-likeness (QED) is 0.941. The minimum absolute atomic E-state index is 0.284. The van der Waals surface area contributed by atoms with E-state index in [-0.39, 0.29) is 6.04 Å². The maximum Gasteiger partial charge on any atom is 0.321 e. The molecule has 0 radical (unpaired) electrons. The molecule has 1 aromatic carbocycles. The Kier molecular flexibility index (Phi) is 3.78. The van der Waals surface area contributed by atoms with Crippen LogP contribution < -0.4 is 5.32 Å². The van der Waals surface area contributed by atoms with Gasteiger partial charge in [0.1, 0.15) is 0 Å². The first-order valence-corrected chi connectivity index (χ1v) is 6.27. The highest BCUT2D eigenvalue weighted by atomic mass is 79.9. The van der Waals surface area contributed by atoms with E-state index in [1.165, 1.54) is 0 Å². The third-order valence-electron chi connectivity index (χ3n) is 2.19. The summed E-state index contributed by atoms with van der Waals surface area (Å²) in [7, 11) is 0. The minimum Gasteiger partial charge on any atom is -0.336 e. The van der Waals surface area contributed by atoms with E-state index < -0.39 is 0 Å². The zero-order chi connectivity index (χ0) is 12.3. The molecular weight excluding hydrogens is 282 g/mol. The molecule has 0 saturated carbocycles. The Balaban J connectivity index is 2.09. The van der Waals surface area contributed by atoms with Crippen LogP contribution in [0.25, 0.3) is 0 Å². The van der Waals surface area contributed by atoms with Crippen LogP contribution in [0, 0.1) is 0 Å². The van der Waals surface area contributed by atoms with Crippen LogP contribution in [-0.2, 0) is 6.42 Å². The van der Waals surface area contributed by atoms with Crippen molar-refractivity contribution in [2.75, 3.05) is 5.32 Å². The van der Waals surface area contributed by atoms with Crippen LogP contribution in [0.1, 0.15) is 25.2 Å². The van der Waals surface area contributed by atoms with E-state index in [9.17, 15) is 0 Å². The highest BCUT2D eigenvalue weighted by Crippen LogP contribution is 2.19. The molecule has 0 unspecified atom stereocenters. The molecule has 0 aliphatic heterocycles. The van der Waals surface area contributed by atoms with E-state index in [1.54, 1.807) is 0 Å². The van der Waals surface area contributed by atoms with Gasteiger partial charge < -0.3 is 9.84 Å². The number of hydrogen-bond acceptors (Lipinski definition) is 4. The zero-order valence-electron chi connectivity index (χ0n) is 9.77. The number of anilines is 1. The van der Waals surface area contributed by atoms with Gasteiger partial charge in [-0.2, -0.15) is 4.98 Å². The fourth-order valence-electron chi connectivity index (χ4n) is 1.44. The molecule has 0 fully saturated rings. The van der Waals surface area contributed by atoms with Crippen molar-refractivity contribution in [3.8, 4) is 0 Å². The standard InChI is InChI=1S/C12H14BrN3O/c1-8(2)14-12-15-11(16-17-12)7-9-5-3-4-6-10(9)13/h3-6,8H,7H2,1-2H3,(H,14,15,16). The van der Waals surface area contributed by atoms with E-state index in [0.717, 1.165) is 10.0 Å². The molecule has 1 N–H and O–H groups in total. The Bertz CT molecular complexity index is 496. The molecule has 4 nitrogen and oxygen atoms in total. The third-order valence-corrected chi connectivity index (χ3v) is 2.96. The summed E-state index contributed by atoms with van der Waals surface area (Å²) in [6.45, 7) is 4.05. The molecule has 0 aliphatic carbocycles. The first kappa shape index (κ1) is 12.1. The molecule has 0 spiro atoms. The van der Waals surface area contributed by atoms with Gasteiger partial charge in [-0.05, 0) is 25.5 Å². The van der Waals surface area contributed by atoms with Crippen molar-refractivity contribution in [3.63, 3.8) is 0 Å². The first-order valence-electron chi connectivity index (χ1n) is 5.47. The summed E-state index contributed by atoms with van der Waals surface area (Å²) in [6, 6.07) is 8.77. The molecule has 0 aliphatic rings. The highest BCUT2D eigenvalue weighted by Gasteiger charge is 2.09. The molecule has 90 valence electrons. The van der Waals surface area contributed by atoms with E-state index in [0.29, 0.717) is 18.3 Å². The topological polar surface area (TPSA) is 51.0 Å². The lowest BCUT2D eigenvalue weighted by molar-refractivity contribution is 0.421. The fourth-order valence-corrected chi connectivity index (χ4v) is 1.87. The van der Waals surface area contributed by atoms with Crippen LogP contribution in [0.3, 0.4) is 0 Å². The predicted octanol–water partition coefficient (Wildman–Crippen LogP) is 3.24. The normalized spacial score (nSPS) is 10.8. The van der Waals surface area contributed by atoms with Gasteiger partial charge in [-0.3, -0.25) is 0 Å². The van der Waals surface area contributed by atoms with Crippen molar-refractivity contribution in [2.45, 2.75) is 26.3 Å². The highest BCUT2D eigenvalue weighted by molar-refractivity contribution is 9.10. The molecule has 0 bridgehead atoms. The lowest BCUT2D eigenvalue weighted by Gasteiger charge is -2.02. The molecule has 2 rings (SSSR count).